The van der Waals surface area contributed by atoms with Crippen LogP contribution in [0.25, 0.3) is 0 Å². The molecule has 0 fully saturated rings. The van der Waals surface area contributed by atoms with Gasteiger partial charge in [0.05, 0.1) is 11.6 Å². The second-order valence-electron chi connectivity index (χ2n) is 3.91. The number of nitrogens with zero attached hydrogens (tertiary/aromatic N) is 1. The number of rotatable bonds is 6. The first-order valence-corrected chi connectivity index (χ1v) is 6.22. The minimum atomic E-state index is -0.921. The van der Waals surface area contributed by atoms with Crippen LogP contribution in [0.1, 0.15) is 5.56 Å². The van der Waals surface area contributed by atoms with Crippen LogP contribution in [0.15, 0.2) is 34.8 Å². The zero-order chi connectivity index (χ0) is 13.5. The first-order chi connectivity index (χ1) is 8.52. The molecule has 0 aliphatic carbocycles. The molecule has 0 aliphatic rings. The summed E-state index contributed by atoms with van der Waals surface area (Å²) in [4.78, 5) is 12.4. The molecule has 0 atom stereocenters. The molecule has 0 radical (unpaired) electrons. The van der Waals surface area contributed by atoms with Crippen molar-refractivity contribution >= 4 is 21.9 Å². The molecule has 1 N–H and O–H groups in total. The molecule has 0 heterocycles. The number of hydrogen-bond acceptors (Lipinski definition) is 3. The molecule has 1 aromatic carbocycles. The zero-order valence-electron chi connectivity index (χ0n) is 10.4. The quantitative estimate of drug-likeness (QED) is 0.820. The van der Waals surface area contributed by atoms with Gasteiger partial charge in [-0.25, -0.2) is 4.79 Å². The summed E-state index contributed by atoms with van der Waals surface area (Å²) in [5.74, 6) is -0.122. The predicted molar refractivity (Wildman–Crippen MR) is 73.8 cm³/mol. The fourth-order valence-electron chi connectivity index (χ4n) is 1.52. The molecule has 18 heavy (non-hydrogen) atoms. The Morgan fingerprint density at radius 3 is 2.83 bits per heavy atom. The van der Waals surface area contributed by atoms with Gasteiger partial charge in [0.1, 0.15) is 5.75 Å². The van der Waals surface area contributed by atoms with E-state index < -0.39 is 5.97 Å². The number of methoxy groups -OCH3 is 1. The molecule has 0 saturated heterocycles. The van der Waals surface area contributed by atoms with Gasteiger partial charge in [-0.15, -0.1) is 0 Å². The molecule has 0 unspecified atom stereocenters. The van der Waals surface area contributed by atoms with Crippen molar-refractivity contribution in [1.82, 2.24) is 4.90 Å². The third kappa shape index (κ3) is 4.89. The van der Waals surface area contributed by atoms with Crippen molar-refractivity contribution in [3.05, 3.63) is 40.4 Å². The van der Waals surface area contributed by atoms with Gasteiger partial charge in [0, 0.05) is 19.2 Å². The fourth-order valence-corrected chi connectivity index (χ4v) is 2.11. The van der Waals surface area contributed by atoms with Crippen LogP contribution in [-0.2, 0) is 11.3 Å². The number of carboxylic acids is 1. The van der Waals surface area contributed by atoms with Crippen molar-refractivity contribution in [3.63, 3.8) is 0 Å². The van der Waals surface area contributed by atoms with Gasteiger partial charge in [-0.3, -0.25) is 4.90 Å². The van der Waals surface area contributed by atoms with E-state index >= 15 is 0 Å². The largest absolute Gasteiger partial charge is 0.496 e. The lowest BCUT2D eigenvalue weighted by Gasteiger charge is -2.15. The molecule has 4 nitrogen and oxygen atoms in total. The van der Waals surface area contributed by atoms with Gasteiger partial charge in [-0.1, -0.05) is 12.1 Å². The van der Waals surface area contributed by atoms with E-state index in [1.807, 2.05) is 30.1 Å². The second-order valence-corrected chi connectivity index (χ2v) is 4.76. The van der Waals surface area contributed by atoms with E-state index in [0.717, 1.165) is 28.4 Å². The molecule has 5 heteroatoms. The molecule has 1 rings (SSSR count). The van der Waals surface area contributed by atoms with Gasteiger partial charge in [0.15, 0.2) is 0 Å². The summed E-state index contributed by atoms with van der Waals surface area (Å²) in [5.41, 5.74) is 1.13. The van der Waals surface area contributed by atoms with Crippen LogP contribution in [0.4, 0.5) is 0 Å². The highest BCUT2D eigenvalue weighted by molar-refractivity contribution is 9.10. The highest BCUT2D eigenvalue weighted by Gasteiger charge is 2.03. The maximum absolute atomic E-state index is 10.3. The second kappa shape index (κ2) is 7.18. The molecule has 0 saturated carbocycles. The van der Waals surface area contributed by atoms with E-state index in [1.165, 1.54) is 0 Å². The number of halogens is 1. The molecule has 1 aromatic rings. The lowest BCUT2D eigenvalue weighted by molar-refractivity contribution is -0.131. The first kappa shape index (κ1) is 14.7. The van der Waals surface area contributed by atoms with Crippen molar-refractivity contribution in [2.45, 2.75) is 6.54 Å². The summed E-state index contributed by atoms with van der Waals surface area (Å²) >= 11 is 3.43. The Morgan fingerprint density at radius 1 is 1.56 bits per heavy atom. The summed E-state index contributed by atoms with van der Waals surface area (Å²) in [7, 11) is 3.56. The number of ether oxygens (including phenoxy) is 1. The Kier molecular flexibility index (Phi) is 5.88. The third-order valence-corrected chi connectivity index (χ3v) is 2.97. The summed E-state index contributed by atoms with van der Waals surface area (Å²) in [6, 6.07) is 5.89. The summed E-state index contributed by atoms with van der Waals surface area (Å²) < 4.78 is 6.07. The minimum absolute atomic E-state index is 0.593. The van der Waals surface area contributed by atoms with Crippen LogP contribution in [0.5, 0.6) is 5.75 Å². The smallest absolute Gasteiger partial charge is 0.328 e. The van der Waals surface area contributed by atoms with Gasteiger partial charge >= 0.3 is 5.97 Å². The first-order valence-electron chi connectivity index (χ1n) is 5.43. The number of carbonyl (C=O) groups is 1. The Balaban J connectivity index is 2.56. The number of hydrogen-bond donors (Lipinski definition) is 1. The fraction of sp³-hybridized carbons (Fsp3) is 0.308. The van der Waals surface area contributed by atoms with Crippen LogP contribution >= 0.6 is 15.9 Å². The summed E-state index contributed by atoms with van der Waals surface area (Å²) in [5, 5.41) is 8.48. The summed E-state index contributed by atoms with van der Waals surface area (Å²) in [6.45, 7) is 1.34. The van der Waals surface area contributed by atoms with Crippen molar-refractivity contribution in [2.24, 2.45) is 0 Å². The molecule has 0 aliphatic heterocycles. The van der Waals surface area contributed by atoms with Gasteiger partial charge in [0.25, 0.3) is 0 Å². The maximum Gasteiger partial charge on any atom is 0.328 e. The minimum Gasteiger partial charge on any atom is -0.496 e. The molecule has 98 valence electrons. The van der Waals surface area contributed by atoms with Crippen LogP contribution in [0.2, 0.25) is 0 Å². The lowest BCUT2D eigenvalue weighted by Crippen LogP contribution is -2.17. The predicted octanol–water partition coefficient (Wildman–Crippen LogP) is 2.53. The number of likely N-dealkylation sites (N-methyl/N-ethyl adjacent to an activating group) is 1. The molecule has 0 spiro atoms. The topological polar surface area (TPSA) is 49.8 Å². The highest BCUT2D eigenvalue weighted by Crippen LogP contribution is 2.25. The zero-order valence-corrected chi connectivity index (χ0v) is 12.0. The van der Waals surface area contributed by atoms with Crippen molar-refractivity contribution < 1.29 is 14.6 Å². The van der Waals surface area contributed by atoms with Crippen LogP contribution < -0.4 is 4.74 Å². The normalized spacial score (nSPS) is 11.1. The van der Waals surface area contributed by atoms with Crippen molar-refractivity contribution in [1.29, 1.82) is 0 Å². The van der Waals surface area contributed by atoms with E-state index in [2.05, 4.69) is 15.9 Å². The Bertz CT molecular complexity index is 446. The van der Waals surface area contributed by atoms with Gasteiger partial charge in [-0.2, -0.15) is 0 Å². The van der Waals surface area contributed by atoms with E-state index in [4.69, 9.17) is 9.84 Å². The summed E-state index contributed by atoms with van der Waals surface area (Å²) in [6.07, 6.45) is 2.78. The number of carboxylic acid groups (broad SMARTS) is 1. The highest BCUT2D eigenvalue weighted by atomic mass is 79.9. The van der Waals surface area contributed by atoms with Gasteiger partial charge in [-0.05, 0) is 40.7 Å². The monoisotopic (exact) mass is 313 g/mol. The average molecular weight is 314 g/mol. The SMILES string of the molecule is COc1ccc(CN(C)C/C=C/C(=O)O)cc1Br. The number of aliphatic carboxylic acids is 1. The van der Waals surface area contributed by atoms with Crippen molar-refractivity contribution in [2.75, 3.05) is 20.7 Å². The number of benzene rings is 1. The Labute approximate surface area is 115 Å². The Morgan fingerprint density at radius 2 is 2.28 bits per heavy atom. The van der Waals surface area contributed by atoms with Crippen molar-refractivity contribution in [3.8, 4) is 5.75 Å². The molecular formula is C13H16BrNO3. The van der Waals surface area contributed by atoms with Crippen LogP contribution in [0.3, 0.4) is 0 Å². The maximum atomic E-state index is 10.3. The van der Waals surface area contributed by atoms with Gasteiger partial charge < -0.3 is 9.84 Å². The van der Waals surface area contributed by atoms with Gasteiger partial charge in [0.2, 0.25) is 0 Å². The van der Waals surface area contributed by atoms with E-state index in [-0.39, 0.29) is 0 Å². The van der Waals surface area contributed by atoms with E-state index in [9.17, 15) is 4.79 Å². The third-order valence-electron chi connectivity index (χ3n) is 2.35. The van der Waals surface area contributed by atoms with E-state index in [0.29, 0.717) is 6.54 Å². The molecular weight excluding hydrogens is 298 g/mol. The standard InChI is InChI=1S/C13H16BrNO3/c1-15(7-3-4-13(16)17)9-10-5-6-12(18-2)11(14)8-10/h3-6,8H,7,9H2,1-2H3,(H,16,17)/b4-3+. The lowest BCUT2D eigenvalue weighted by atomic mass is 10.2. The van der Waals surface area contributed by atoms with Crippen LogP contribution in [0, 0.1) is 0 Å². The van der Waals surface area contributed by atoms with E-state index in [1.54, 1.807) is 13.2 Å². The molecule has 0 aromatic heterocycles. The molecule has 0 amide bonds. The van der Waals surface area contributed by atoms with Crippen LogP contribution in [-0.4, -0.2) is 36.7 Å². The Hall–Kier alpha value is -1.33. The average Bonchev–Trinajstić information content (AvgIpc) is 2.28. The molecule has 0 bridgehead atoms.